The van der Waals surface area contributed by atoms with Crippen LogP contribution in [0.2, 0.25) is 12.1 Å². The maximum atomic E-state index is 6.90. The third-order valence-electron chi connectivity index (χ3n) is 3.30. The van der Waals surface area contributed by atoms with Gasteiger partial charge in [-0.1, -0.05) is 65.2 Å². The zero-order chi connectivity index (χ0) is 14.8. The number of rotatable bonds is 11. The lowest BCUT2D eigenvalue weighted by molar-refractivity contribution is 0.122. The van der Waals surface area contributed by atoms with Gasteiger partial charge in [-0.05, 0) is 32.9 Å². The third-order valence-corrected chi connectivity index (χ3v) is 7.84. The van der Waals surface area contributed by atoms with Gasteiger partial charge in [-0.25, -0.2) is 0 Å². The van der Waals surface area contributed by atoms with Crippen LogP contribution < -0.4 is 0 Å². The normalized spacial score (nSPS) is 12.9. The van der Waals surface area contributed by atoms with Crippen molar-refractivity contribution in [1.29, 1.82) is 0 Å². The van der Waals surface area contributed by atoms with Crippen LogP contribution in [-0.4, -0.2) is 13.2 Å². The van der Waals surface area contributed by atoms with Crippen LogP contribution in [0.25, 0.3) is 0 Å². The SMILES string of the molecule is CCCCCC[Si](Cl)(CCCCCC)OC(C)(C)C. The highest BCUT2D eigenvalue weighted by Crippen LogP contribution is 2.32. The lowest BCUT2D eigenvalue weighted by Crippen LogP contribution is -2.39. The van der Waals surface area contributed by atoms with E-state index in [1.54, 1.807) is 0 Å². The van der Waals surface area contributed by atoms with E-state index in [4.69, 9.17) is 15.5 Å². The first kappa shape index (κ1) is 19.5. The summed E-state index contributed by atoms with van der Waals surface area (Å²) in [5, 5.41) is 0. The van der Waals surface area contributed by atoms with Crippen molar-refractivity contribution in [1.82, 2.24) is 0 Å². The number of hydrogen-bond donors (Lipinski definition) is 0. The van der Waals surface area contributed by atoms with Crippen LogP contribution in [0.3, 0.4) is 0 Å². The second-order valence-electron chi connectivity index (χ2n) is 6.72. The molecule has 0 spiro atoms. The smallest absolute Gasteiger partial charge is 0.290 e. The fourth-order valence-corrected chi connectivity index (χ4v) is 7.01. The molecule has 0 aromatic rings. The second-order valence-corrected chi connectivity index (χ2v) is 11.8. The standard InChI is InChI=1S/C16H35ClOSi/c1-6-8-10-12-14-19(17,18-16(3,4)5)15-13-11-9-7-2/h6-15H2,1-5H3. The van der Waals surface area contributed by atoms with Crippen LogP contribution in [0.4, 0.5) is 0 Å². The molecule has 1 nitrogen and oxygen atoms in total. The van der Waals surface area contributed by atoms with Crippen LogP contribution in [-0.2, 0) is 4.43 Å². The molecule has 0 radical (unpaired) electrons. The third kappa shape index (κ3) is 12.0. The fraction of sp³-hybridized carbons (Fsp3) is 1.00. The molecule has 0 bridgehead atoms. The minimum atomic E-state index is -2.01. The summed E-state index contributed by atoms with van der Waals surface area (Å²) in [6.45, 7) is 10.9. The Hall–Kier alpha value is 0.467. The lowest BCUT2D eigenvalue weighted by atomic mass is 10.2. The first-order valence-corrected chi connectivity index (χ1v) is 11.6. The summed E-state index contributed by atoms with van der Waals surface area (Å²) in [6, 6.07) is 2.25. The molecule has 0 aliphatic heterocycles. The average molecular weight is 307 g/mol. The van der Waals surface area contributed by atoms with Crippen molar-refractivity contribution < 1.29 is 4.43 Å². The van der Waals surface area contributed by atoms with E-state index in [9.17, 15) is 0 Å². The van der Waals surface area contributed by atoms with Gasteiger partial charge in [0.25, 0.3) is 7.63 Å². The van der Waals surface area contributed by atoms with Crippen molar-refractivity contribution in [3.05, 3.63) is 0 Å². The van der Waals surface area contributed by atoms with Crippen molar-refractivity contribution in [2.75, 3.05) is 0 Å². The van der Waals surface area contributed by atoms with Gasteiger partial charge < -0.3 is 4.43 Å². The largest absolute Gasteiger partial charge is 0.398 e. The predicted octanol–water partition coefficient (Wildman–Crippen LogP) is 6.64. The maximum absolute atomic E-state index is 6.90. The summed E-state index contributed by atoms with van der Waals surface area (Å²) in [5.74, 6) is 0. The Morgan fingerprint density at radius 3 is 1.53 bits per heavy atom. The van der Waals surface area contributed by atoms with E-state index in [0.717, 1.165) is 12.1 Å². The van der Waals surface area contributed by atoms with E-state index in [0.29, 0.717) is 0 Å². The number of halogens is 1. The molecule has 0 aromatic heterocycles. The topological polar surface area (TPSA) is 9.23 Å². The fourth-order valence-electron chi connectivity index (χ4n) is 2.41. The molecule has 0 N–H and O–H groups in total. The molecule has 0 aliphatic rings. The summed E-state index contributed by atoms with van der Waals surface area (Å²) in [5.41, 5.74) is -0.0938. The highest BCUT2D eigenvalue weighted by Gasteiger charge is 2.35. The molecule has 19 heavy (non-hydrogen) atoms. The molecule has 3 heteroatoms. The molecule has 0 saturated heterocycles. The molecule has 0 rings (SSSR count). The molecule has 0 aliphatic carbocycles. The molecule has 0 amide bonds. The van der Waals surface area contributed by atoms with Gasteiger partial charge in [-0.3, -0.25) is 0 Å². The zero-order valence-electron chi connectivity index (χ0n) is 13.9. The summed E-state index contributed by atoms with van der Waals surface area (Å²) in [7, 11) is -2.01. The van der Waals surface area contributed by atoms with Gasteiger partial charge in [-0.2, -0.15) is 0 Å². The highest BCUT2D eigenvalue weighted by atomic mass is 35.6. The van der Waals surface area contributed by atoms with Gasteiger partial charge in [0.2, 0.25) is 0 Å². The van der Waals surface area contributed by atoms with Gasteiger partial charge in [0.1, 0.15) is 0 Å². The first-order chi connectivity index (χ1) is 8.83. The Morgan fingerprint density at radius 1 is 0.789 bits per heavy atom. The summed E-state index contributed by atoms with van der Waals surface area (Å²) in [4.78, 5) is 0. The summed E-state index contributed by atoms with van der Waals surface area (Å²) < 4.78 is 6.29. The van der Waals surface area contributed by atoms with E-state index in [1.165, 1.54) is 51.4 Å². The van der Waals surface area contributed by atoms with Crippen molar-refractivity contribution in [2.45, 2.75) is 104 Å². The van der Waals surface area contributed by atoms with Crippen LogP contribution in [0.5, 0.6) is 0 Å². The quantitative estimate of drug-likeness (QED) is 0.236. The Labute approximate surface area is 127 Å². The second kappa shape index (κ2) is 10.2. The van der Waals surface area contributed by atoms with E-state index in [-0.39, 0.29) is 5.60 Å². The molecule has 0 fully saturated rings. The molecule has 0 aromatic carbocycles. The van der Waals surface area contributed by atoms with Gasteiger partial charge in [0, 0.05) is 5.60 Å². The minimum Gasteiger partial charge on any atom is -0.398 e. The number of unbranched alkanes of at least 4 members (excludes halogenated alkanes) is 6. The Bertz CT molecular complexity index is 201. The van der Waals surface area contributed by atoms with E-state index in [2.05, 4.69) is 34.6 Å². The van der Waals surface area contributed by atoms with E-state index in [1.807, 2.05) is 0 Å². The average Bonchev–Trinajstić information content (AvgIpc) is 2.28. The van der Waals surface area contributed by atoms with Crippen molar-refractivity contribution in [2.24, 2.45) is 0 Å². The Morgan fingerprint density at radius 2 is 1.21 bits per heavy atom. The van der Waals surface area contributed by atoms with Crippen molar-refractivity contribution in [3.8, 4) is 0 Å². The summed E-state index contributed by atoms with van der Waals surface area (Å²) >= 11 is 6.90. The monoisotopic (exact) mass is 306 g/mol. The van der Waals surface area contributed by atoms with Gasteiger partial charge in [-0.15, -0.1) is 11.1 Å². The molecule has 0 saturated carbocycles. The van der Waals surface area contributed by atoms with Gasteiger partial charge >= 0.3 is 0 Å². The molecule has 116 valence electrons. The van der Waals surface area contributed by atoms with Gasteiger partial charge in [0.15, 0.2) is 0 Å². The van der Waals surface area contributed by atoms with Crippen LogP contribution in [0.1, 0.15) is 86.0 Å². The minimum absolute atomic E-state index is 0.0938. The Kier molecular flexibility index (Phi) is 10.5. The molecule has 0 heterocycles. The zero-order valence-corrected chi connectivity index (χ0v) is 15.6. The van der Waals surface area contributed by atoms with Crippen LogP contribution in [0.15, 0.2) is 0 Å². The first-order valence-electron chi connectivity index (χ1n) is 8.22. The molecule has 0 atom stereocenters. The molecular weight excluding hydrogens is 272 g/mol. The number of hydrogen-bond acceptors (Lipinski definition) is 1. The summed E-state index contributed by atoms with van der Waals surface area (Å²) in [6.07, 6.45) is 10.3. The van der Waals surface area contributed by atoms with Crippen LogP contribution in [0, 0.1) is 0 Å². The van der Waals surface area contributed by atoms with E-state index >= 15 is 0 Å². The Balaban J connectivity index is 4.19. The lowest BCUT2D eigenvalue weighted by Gasteiger charge is -2.33. The van der Waals surface area contributed by atoms with E-state index < -0.39 is 7.63 Å². The maximum Gasteiger partial charge on any atom is 0.290 e. The predicted molar refractivity (Wildman–Crippen MR) is 90.3 cm³/mol. The van der Waals surface area contributed by atoms with Crippen LogP contribution >= 0.6 is 11.1 Å². The molecule has 0 unspecified atom stereocenters. The van der Waals surface area contributed by atoms with Crippen molar-refractivity contribution >= 4 is 18.7 Å². The molecular formula is C16H35ClOSi. The van der Waals surface area contributed by atoms with Gasteiger partial charge in [0.05, 0.1) is 0 Å². The highest BCUT2D eigenvalue weighted by molar-refractivity contribution is 7.16. The van der Waals surface area contributed by atoms with Crippen molar-refractivity contribution in [3.63, 3.8) is 0 Å².